The molecular formula is C23H30N2O4. The maximum Gasteiger partial charge on any atom is 0.254 e. The number of piperazine rings is 1. The zero-order valence-electron chi connectivity index (χ0n) is 17.3. The van der Waals surface area contributed by atoms with Crippen LogP contribution < -0.4 is 14.2 Å². The zero-order chi connectivity index (χ0) is 20.5. The number of hydrogen-bond acceptors (Lipinski definition) is 5. The van der Waals surface area contributed by atoms with Crippen LogP contribution in [-0.4, -0.2) is 68.3 Å². The second-order valence-electron chi connectivity index (χ2n) is 6.82. The molecule has 0 unspecified atom stereocenters. The number of hydrogen-bond donors (Lipinski definition) is 0. The van der Waals surface area contributed by atoms with E-state index in [0.717, 1.165) is 25.4 Å². The number of carbonyl (C=O) groups excluding carboxylic acids is 1. The fourth-order valence-electron chi connectivity index (χ4n) is 3.35. The molecule has 0 saturated carbocycles. The minimum absolute atomic E-state index is 0.0363. The van der Waals surface area contributed by atoms with Gasteiger partial charge in [-0.1, -0.05) is 18.2 Å². The molecule has 0 aromatic heterocycles. The van der Waals surface area contributed by atoms with Crippen molar-refractivity contribution >= 4 is 5.91 Å². The van der Waals surface area contributed by atoms with Crippen LogP contribution in [0, 0.1) is 0 Å². The van der Waals surface area contributed by atoms with Gasteiger partial charge in [-0.05, 0) is 44.2 Å². The first-order valence-electron chi connectivity index (χ1n) is 10.3. The van der Waals surface area contributed by atoms with E-state index in [2.05, 4.69) is 4.90 Å². The lowest BCUT2D eigenvalue weighted by atomic mass is 10.1. The van der Waals surface area contributed by atoms with Crippen molar-refractivity contribution in [3.05, 3.63) is 54.1 Å². The van der Waals surface area contributed by atoms with E-state index >= 15 is 0 Å². The Morgan fingerprint density at radius 2 is 1.55 bits per heavy atom. The molecule has 1 saturated heterocycles. The summed E-state index contributed by atoms with van der Waals surface area (Å²) in [7, 11) is 0. The van der Waals surface area contributed by atoms with Crippen molar-refractivity contribution in [2.45, 2.75) is 13.8 Å². The maximum atomic E-state index is 12.9. The average molecular weight is 399 g/mol. The maximum absolute atomic E-state index is 12.9. The van der Waals surface area contributed by atoms with Gasteiger partial charge < -0.3 is 19.1 Å². The number of benzene rings is 2. The highest BCUT2D eigenvalue weighted by molar-refractivity contribution is 5.95. The molecule has 1 fully saturated rings. The molecule has 1 aliphatic rings. The predicted octanol–water partition coefficient (Wildman–Crippen LogP) is 3.32. The molecule has 0 atom stereocenters. The van der Waals surface area contributed by atoms with Crippen molar-refractivity contribution in [2.24, 2.45) is 0 Å². The van der Waals surface area contributed by atoms with Crippen molar-refractivity contribution in [3.8, 4) is 17.2 Å². The second-order valence-corrected chi connectivity index (χ2v) is 6.82. The molecule has 156 valence electrons. The van der Waals surface area contributed by atoms with Gasteiger partial charge in [0.25, 0.3) is 5.91 Å². The second kappa shape index (κ2) is 10.7. The van der Waals surface area contributed by atoms with Crippen LogP contribution in [0.3, 0.4) is 0 Å². The minimum Gasteiger partial charge on any atom is -0.492 e. The number of carbonyl (C=O) groups is 1. The minimum atomic E-state index is 0.0363. The van der Waals surface area contributed by atoms with E-state index in [-0.39, 0.29) is 5.91 Å². The lowest BCUT2D eigenvalue weighted by Gasteiger charge is -2.34. The van der Waals surface area contributed by atoms with Gasteiger partial charge >= 0.3 is 0 Å². The molecular weight excluding hydrogens is 368 g/mol. The highest BCUT2D eigenvalue weighted by atomic mass is 16.5. The largest absolute Gasteiger partial charge is 0.492 e. The van der Waals surface area contributed by atoms with Gasteiger partial charge in [0, 0.05) is 38.3 Å². The van der Waals surface area contributed by atoms with E-state index in [4.69, 9.17) is 14.2 Å². The highest BCUT2D eigenvalue weighted by Gasteiger charge is 2.23. The van der Waals surface area contributed by atoms with E-state index in [1.54, 1.807) is 6.07 Å². The lowest BCUT2D eigenvalue weighted by Crippen LogP contribution is -2.49. The summed E-state index contributed by atoms with van der Waals surface area (Å²) >= 11 is 0. The van der Waals surface area contributed by atoms with Crippen LogP contribution in [0.5, 0.6) is 17.2 Å². The average Bonchev–Trinajstić information content (AvgIpc) is 2.76. The molecule has 6 heteroatoms. The van der Waals surface area contributed by atoms with Crippen LogP contribution >= 0.6 is 0 Å². The SMILES string of the molecule is CCOc1ccc(C(=O)N2CCN(CCOc3ccccc3)CC2)cc1OCC. The van der Waals surface area contributed by atoms with Gasteiger partial charge in [0.2, 0.25) is 0 Å². The van der Waals surface area contributed by atoms with E-state index < -0.39 is 0 Å². The summed E-state index contributed by atoms with van der Waals surface area (Å²) in [5.74, 6) is 2.22. The van der Waals surface area contributed by atoms with Crippen molar-refractivity contribution in [1.82, 2.24) is 9.80 Å². The quantitative estimate of drug-likeness (QED) is 0.649. The van der Waals surface area contributed by atoms with E-state index in [1.165, 1.54) is 0 Å². The molecule has 0 spiro atoms. The molecule has 0 aliphatic carbocycles. The Bertz CT molecular complexity index is 774. The van der Waals surface area contributed by atoms with Gasteiger partial charge in [-0.2, -0.15) is 0 Å². The van der Waals surface area contributed by atoms with Gasteiger partial charge in [-0.3, -0.25) is 9.69 Å². The highest BCUT2D eigenvalue weighted by Crippen LogP contribution is 2.29. The third-order valence-corrected chi connectivity index (χ3v) is 4.87. The Hall–Kier alpha value is -2.73. The molecule has 6 nitrogen and oxygen atoms in total. The Kier molecular flexibility index (Phi) is 7.76. The molecule has 2 aromatic rings. The summed E-state index contributed by atoms with van der Waals surface area (Å²) in [6.45, 7) is 9.55. The summed E-state index contributed by atoms with van der Waals surface area (Å²) in [4.78, 5) is 17.2. The topological polar surface area (TPSA) is 51.2 Å². The van der Waals surface area contributed by atoms with E-state index in [0.29, 0.717) is 50.0 Å². The fraction of sp³-hybridized carbons (Fsp3) is 0.435. The lowest BCUT2D eigenvalue weighted by molar-refractivity contribution is 0.0620. The number of ether oxygens (including phenoxy) is 3. The summed E-state index contributed by atoms with van der Waals surface area (Å²) in [6, 6.07) is 15.3. The van der Waals surface area contributed by atoms with Gasteiger partial charge in [-0.25, -0.2) is 0 Å². The Balaban J connectivity index is 1.50. The summed E-state index contributed by atoms with van der Waals surface area (Å²) in [6.07, 6.45) is 0. The van der Waals surface area contributed by atoms with Crippen molar-refractivity contribution in [2.75, 3.05) is 52.5 Å². The van der Waals surface area contributed by atoms with Crippen molar-refractivity contribution in [1.29, 1.82) is 0 Å². The summed E-state index contributed by atoms with van der Waals surface area (Å²) < 4.78 is 17.0. The molecule has 1 amide bonds. The van der Waals surface area contributed by atoms with Crippen LogP contribution in [0.2, 0.25) is 0 Å². The number of nitrogens with zero attached hydrogens (tertiary/aromatic N) is 2. The molecule has 3 rings (SSSR count). The first-order chi connectivity index (χ1) is 14.2. The van der Waals surface area contributed by atoms with E-state index in [9.17, 15) is 4.79 Å². The normalized spacial score (nSPS) is 14.5. The molecule has 0 N–H and O–H groups in total. The number of para-hydroxylation sites is 1. The smallest absolute Gasteiger partial charge is 0.254 e. The molecule has 1 aliphatic heterocycles. The van der Waals surface area contributed by atoms with Crippen LogP contribution in [0.4, 0.5) is 0 Å². The first-order valence-corrected chi connectivity index (χ1v) is 10.3. The molecule has 2 aromatic carbocycles. The zero-order valence-corrected chi connectivity index (χ0v) is 17.3. The van der Waals surface area contributed by atoms with Gasteiger partial charge in [0.15, 0.2) is 11.5 Å². The standard InChI is InChI=1S/C23H30N2O4/c1-3-27-21-11-10-19(18-22(21)28-4-2)23(26)25-14-12-24(13-15-25)16-17-29-20-8-6-5-7-9-20/h5-11,18H,3-4,12-17H2,1-2H3. The predicted molar refractivity (Wildman–Crippen MR) is 113 cm³/mol. The summed E-state index contributed by atoms with van der Waals surface area (Å²) in [5, 5.41) is 0. The van der Waals surface area contributed by atoms with E-state index in [1.807, 2.05) is 61.2 Å². The fourth-order valence-corrected chi connectivity index (χ4v) is 3.35. The third kappa shape index (κ3) is 5.87. The van der Waals surface area contributed by atoms with Gasteiger partial charge in [-0.15, -0.1) is 0 Å². The molecule has 1 heterocycles. The first kappa shape index (κ1) is 21.0. The summed E-state index contributed by atoms with van der Waals surface area (Å²) in [5.41, 5.74) is 0.637. The van der Waals surface area contributed by atoms with Crippen LogP contribution in [0.15, 0.2) is 48.5 Å². The Labute approximate surface area is 173 Å². The Morgan fingerprint density at radius 1 is 0.862 bits per heavy atom. The van der Waals surface area contributed by atoms with Crippen LogP contribution in [-0.2, 0) is 0 Å². The van der Waals surface area contributed by atoms with Crippen molar-refractivity contribution < 1.29 is 19.0 Å². The number of amides is 1. The van der Waals surface area contributed by atoms with Gasteiger partial charge in [0.1, 0.15) is 12.4 Å². The Morgan fingerprint density at radius 3 is 2.24 bits per heavy atom. The van der Waals surface area contributed by atoms with Crippen LogP contribution in [0.1, 0.15) is 24.2 Å². The van der Waals surface area contributed by atoms with Crippen molar-refractivity contribution in [3.63, 3.8) is 0 Å². The monoisotopic (exact) mass is 398 g/mol. The molecule has 0 radical (unpaired) electrons. The van der Waals surface area contributed by atoms with Gasteiger partial charge in [0.05, 0.1) is 13.2 Å². The van der Waals surface area contributed by atoms with Crippen LogP contribution in [0.25, 0.3) is 0 Å². The number of rotatable bonds is 9. The molecule has 0 bridgehead atoms. The third-order valence-electron chi connectivity index (χ3n) is 4.87. The molecule has 29 heavy (non-hydrogen) atoms.